The molecular formula is C16H11BrFN3. The maximum atomic E-state index is 13.0. The Bertz CT molecular complexity index is 774. The molecule has 0 amide bonds. The summed E-state index contributed by atoms with van der Waals surface area (Å²) in [6.07, 6.45) is 0. The van der Waals surface area contributed by atoms with Crippen LogP contribution in [0, 0.1) is 5.82 Å². The fraction of sp³-hybridized carbons (Fsp3) is 0. The Labute approximate surface area is 129 Å². The molecule has 3 aromatic rings. The van der Waals surface area contributed by atoms with E-state index in [1.165, 1.54) is 12.1 Å². The molecule has 0 bridgehead atoms. The third kappa shape index (κ3) is 2.78. The Kier molecular flexibility index (Phi) is 3.66. The van der Waals surface area contributed by atoms with E-state index in [-0.39, 0.29) is 5.82 Å². The first-order valence-corrected chi connectivity index (χ1v) is 7.09. The second kappa shape index (κ2) is 5.61. The summed E-state index contributed by atoms with van der Waals surface area (Å²) in [5, 5.41) is 0. The molecule has 21 heavy (non-hydrogen) atoms. The molecule has 0 atom stereocenters. The molecule has 1 aromatic heterocycles. The number of aromatic nitrogens is 2. The Balaban J connectivity index is 2.16. The van der Waals surface area contributed by atoms with Gasteiger partial charge in [-0.3, -0.25) is 0 Å². The molecule has 104 valence electrons. The van der Waals surface area contributed by atoms with Gasteiger partial charge in [-0.1, -0.05) is 30.3 Å². The van der Waals surface area contributed by atoms with E-state index in [0.29, 0.717) is 27.4 Å². The minimum Gasteiger partial charge on any atom is -0.383 e. The lowest BCUT2D eigenvalue weighted by Crippen LogP contribution is -2.00. The molecule has 3 nitrogen and oxygen atoms in total. The summed E-state index contributed by atoms with van der Waals surface area (Å²) in [7, 11) is 0. The molecule has 0 unspecified atom stereocenters. The Morgan fingerprint density at radius 2 is 1.52 bits per heavy atom. The van der Waals surface area contributed by atoms with E-state index >= 15 is 0 Å². The predicted molar refractivity (Wildman–Crippen MR) is 85.0 cm³/mol. The number of nitrogens with two attached hydrogens (primary N) is 1. The average molecular weight is 344 g/mol. The standard InChI is InChI=1S/C16H11BrFN3/c17-13-14(10-4-2-1-3-5-10)20-16(21-15(13)19)11-6-8-12(18)9-7-11/h1-9H,(H2,19,20,21). The summed E-state index contributed by atoms with van der Waals surface area (Å²) >= 11 is 3.43. The first-order valence-electron chi connectivity index (χ1n) is 6.29. The molecule has 2 aromatic carbocycles. The first-order chi connectivity index (χ1) is 10.1. The minimum atomic E-state index is -0.299. The highest BCUT2D eigenvalue weighted by Gasteiger charge is 2.13. The van der Waals surface area contributed by atoms with E-state index in [0.717, 1.165) is 5.56 Å². The molecule has 2 N–H and O–H groups in total. The summed E-state index contributed by atoms with van der Waals surface area (Å²) in [4.78, 5) is 8.80. The van der Waals surface area contributed by atoms with Crippen LogP contribution in [0.3, 0.4) is 0 Å². The largest absolute Gasteiger partial charge is 0.383 e. The van der Waals surface area contributed by atoms with Crippen LogP contribution in [0.2, 0.25) is 0 Å². The molecule has 0 saturated heterocycles. The zero-order valence-electron chi connectivity index (χ0n) is 10.9. The number of anilines is 1. The maximum absolute atomic E-state index is 13.0. The molecule has 1 heterocycles. The number of nitrogen functional groups attached to an aromatic ring is 1. The molecule has 0 spiro atoms. The van der Waals surface area contributed by atoms with Crippen LogP contribution in [0.4, 0.5) is 10.2 Å². The molecule has 5 heteroatoms. The molecule has 0 aliphatic heterocycles. The van der Waals surface area contributed by atoms with Gasteiger partial charge < -0.3 is 5.73 Å². The highest BCUT2D eigenvalue weighted by Crippen LogP contribution is 2.32. The van der Waals surface area contributed by atoms with Gasteiger partial charge in [0.05, 0.1) is 10.2 Å². The van der Waals surface area contributed by atoms with Crippen molar-refractivity contribution < 1.29 is 4.39 Å². The summed E-state index contributed by atoms with van der Waals surface area (Å²) in [6.45, 7) is 0. The summed E-state index contributed by atoms with van der Waals surface area (Å²) < 4.78 is 13.7. The van der Waals surface area contributed by atoms with Crippen LogP contribution in [0.1, 0.15) is 0 Å². The number of benzene rings is 2. The fourth-order valence-electron chi connectivity index (χ4n) is 1.98. The quantitative estimate of drug-likeness (QED) is 0.754. The van der Waals surface area contributed by atoms with Crippen molar-refractivity contribution in [2.24, 2.45) is 0 Å². The lowest BCUT2D eigenvalue weighted by Gasteiger charge is -2.09. The number of nitrogens with zero attached hydrogens (tertiary/aromatic N) is 2. The number of rotatable bonds is 2. The van der Waals surface area contributed by atoms with Gasteiger partial charge in [-0.25, -0.2) is 14.4 Å². The van der Waals surface area contributed by atoms with Gasteiger partial charge in [0, 0.05) is 11.1 Å². The van der Waals surface area contributed by atoms with Crippen LogP contribution in [0.25, 0.3) is 22.6 Å². The third-order valence-electron chi connectivity index (χ3n) is 3.03. The summed E-state index contributed by atoms with van der Waals surface area (Å²) in [5.41, 5.74) is 8.31. The van der Waals surface area contributed by atoms with Gasteiger partial charge in [0.2, 0.25) is 0 Å². The van der Waals surface area contributed by atoms with Gasteiger partial charge in [-0.15, -0.1) is 0 Å². The maximum Gasteiger partial charge on any atom is 0.162 e. The van der Waals surface area contributed by atoms with Crippen molar-refractivity contribution in [3.8, 4) is 22.6 Å². The SMILES string of the molecule is Nc1nc(-c2ccc(F)cc2)nc(-c2ccccc2)c1Br. The predicted octanol–water partition coefficient (Wildman–Crippen LogP) is 4.29. The lowest BCUT2D eigenvalue weighted by molar-refractivity contribution is 0.628. The summed E-state index contributed by atoms with van der Waals surface area (Å²) in [5.74, 6) is 0.518. The van der Waals surface area contributed by atoms with E-state index in [9.17, 15) is 4.39 Å². The zero-order chi connectivity index (χ0) is 14.8. The van der Waals surface area contributed by atoms with Crippen molar-refractivity contribution in [3.63, 3.8) is 0 Å². The zero-order valence-corrected chi connectivity index (χ0v) is 12.5. The van der Waals surface area contributed by atoms with E-state index in [1.807, 2.05) is 30.3 Å². The minimum absolute atomic E-state index is 0.299. The van der Waals surface area contributed by atoms with Gasteiger partial charge in [-0.2, -0.15) is 0 Å². The Hall–Kier alpha value is -2.27. The van der Waals surface area contributed by atoms with Gasteiger partial charge in [0.15, 0.2) is 5.82 Å². The Morgan fingerprint density at radius 3 is 2.19 bits per heavy atom. The molecule has 3 rings (SSSR count). The van der Waals surface area contributed by atoms with Gasteiger partial charge in [-0.05, 0) is 40.2 Å². The molecule has 0 aliphatic rings. The van der Waals surface area contributed by atoms with Crippen molar-refractivity contribution in [2.45, 2.75) is 0 Å². The number of halogens is 2. The second-order valence-electron chi connectivity index (χ2n) is 4.47. The van der Waals surface area contributed by atoms with Crippen molar-refractivity contribution in [1.82, 2.24) is 9.97 Å². The highest BCUT2D eigenvalue weighted by molar-refractivity contribution is 9.10. The van der Waals surface area contributed by atoms with Crippen molar-refractivity contribution >= 4 is 21.7 Å². The highest BCUT2D eigenvalue weighted by atomic mass is 79.9. The number of hydrogen-bond acceptors (Lipinski definition) is 3. The van der Waals surface area contributed by atoms with Crippen LogP contribution < -0.4 is 5.73 Å². The molecule has 0 fully saturated rings. The van der Waals surface area contributed by atoms with E-state index in [2.05, 4.69) is 25.9 Å². The van der Waals surface area contributed by atoms with Crippen molar-refractivity contribution in [3.05, 3.63) is 64.9 Å². The number of hydrogen-bond donors (Lipinski definition) is 1. The average Bonchev–Trinajstić information content (AvgIpc) is 2.51. The van der Waals surface area contributed by atoms with Crippen molar-refractivity contribution in [2.75, 3.05) is 5.73 Å². The summed E-state index contributed by atoms with van der Waals surface area (Å²) in [6, 6.07) is 15.7. The lowest BCUT2D eigenvalue weighted by atomic mass is 10.1. The molecular weight excluding hydrogens is 333 g/mol. The van der Waals surface area contributed by atoms with Crippen LogP contribution in [-0.4, -0.2) is 9.97 Å². The molecule has 0 aliphatic carbocycles. The van der Waals surface area contributed by atoms with Crippen LogP contribution in [-0.2, 0) is 0 Å². The van der Waals surface area contributed by atoms with E-state index in [4.69, 9.17) is 5.73 Å². The smallest absolute Gasteiger partial charge is 0.162 e. The van der Waals surface area contributed by atoms with Gasteiger partial charge in [0.25, 0.3) is 0 Å². The van der Waals surface area contributed by atoms with Crippen LogP contribution in [0.15, 0.2) is 59.1 Å². The Morgan fingerprint density at radius 1 is 0.857 bits per heavy atom. The second-order valence-corrected chi connectivity index (χ2v) is 5.26. The topological polar surface area (TPSA) is 51.8 Å². The molecule has 0 saturated carbocycles. The fourth-order valence-corrected chi connectivity index (χ4v) is 2.39. The van der Waals surface area contributed by atoms with Crippen LogP contribution in [0.5, 0.6) is 0 Å². The van der Waals surface area contributed by atoms with Gasteiger partial charge in [0.1, 0.15) is 11.6 Å². The molecule has 0 radical (unpaired) electrons. The van der Waals surface area contributed by atoms with E-state index < -0.39 is 0 Å². The van der Waals surface area contributed by atoms with Crippen molar-refractivity contribution in [1.29, 1.82) is 0 Å². The third-order valence-corrected chi connectivity index (χ3v) is 3.81. The normalized spacial score (nSPS) is 10.6. The van der Waals surface area contributed by atoms with Crippen LogP contribution >= 0.6 is 15.9 Å². The van der Waals surface area contributed by atoms with E-state index in [1.54, 1.807) is 12.1 Å². The first kappa shape index (κ1) is 13.7. The monoisotopic (exact) mass is 343 g/mol. The van der Waals surface area contributed by atoms with Gasteiger partial charge >= 0.3 is 0 Å².